The molecule has 0 aliphatic rings. The standard InChI is InChI=1S/C12H19N/c1-5-8-9-10-11(6-2)12(7-3)13-4/h6-9,11-12H,2-5,10H2,1H3/b9-8+. The number of allylic oxidation sites excluding steroid dienone is 2. The summed E-state index contributed by atoms with van der Waals surface area (Å²) in [5.74, 6) is 0.331. The second-order valence-electron chi connectivity index (χ2n) is 2.92. The van der Waals surface area contributed by atoms with E-state index in [1.165, 1.54) is 0 Å². The fourth-order valence-electron chi connectivity index (χ4n) is 1.18. The van der Waals surface area contributed by atoms with Crippen LogP contribution < -0.4 is 0 Å². The van der Waals surface area contributed by atoms with Crippen LogP contribution in [0.2, 0.25) is 0 Å². The van der Waals surface area contributed by atoms with Gasteiger partial charge in [-0.05, 0) is 19.6 Å². The van der Waals surface area contributed by atoms with Crippen molar-refractivity contribution in [1.29, 1.82) is 0 Å². The average Bonchev–Trinajstić information content (AvgIpc) is 2.17. The van der Waals surface area contributed by atoms with E-state index in [9.17, 15) is 0 Å². The molecule has 72 valence electrons. The largest absolute Gasteiger partial charge is 0.293 e. The van der Waals surface area contributed by atoms with Crippen molar-refractivity contribution in [3.05, 3.63) is 37.5 Å². The molecule has 1 heteroatoms. The van der Waals surface area contributed by atoms with Crippen LogP contribution in [-0.4, -0.2) is 12.8 Å². The molecule has 1 nitrogen and oxygen atoms in total. The summed E-state index contributed by atoms with van der Waals surface area (Å²) in [5.41, 5.74) is 0. The van der Waals surface area contributed by atoms with Gasteiger partial charge in [-0.2, -0.15) is 0 Å². The van der Waals surface area contributed by atoms with Crippen LogP contribution >= 0.6 is 0 Å². The lowest BCUT2D eigenvalue weighted by atomic mass is 9.96. The quantitative estimate of drug-likeness (QED) is 0.417. The lowest BCUT2D eigenvalue weighted by molar-refractivity contribution is 0.590. The lowest BCUT2D eigenvalue weighted by Gasteiger charge is -2.14. The predicted molar refractivity (Wildman–Crippen MR) is 61.3 cm³/mol. The van der Waals surface area contributed by atoms with E-state index >= 15 is 0 Å². The summed E-state index contributed by atoms with van der Waals surface area (Å²) < 4.78 is 0. The number of rotatable bonds is 7. The third kappa shape index (κ3) is 4.46. The first kappa shape index (κ1) is 11.9. The molecule has 0 aromatic carbocycles. The molecule has 0 aromatic heterocycles. The molecule has 0 N–H and O–H groups in total. The highest BCUT2D eigenvalue weighted by Crippen LogP contribution is 2.15. The topological polar surface area (TPSA) is 12.4 Å². The van der Waals surface area contributed by atoms with Crippen molar-refractivity contribution in [3.8, 4) is 0 Å². The molecule has 0 bridgehead atoms. The van der Waals surface area contributed by atoms with Crippen LogP contribution in [0.5, 0.6) is 0 Å². The van der Waals surface area contributed by atoms with E-state index in [1.54, 1.807) is 0 Å². The Morgan fingerprint density at radius 3 is 2.31 bits per heavy atom. The second-order valence-corrected chi connectivity index (χ2v) is 2.92. The van der Waals surface area contributed by atoms with Gasteiger partial charge < -0.3 is 0 Å². The SMILES string of the molecule is C=CC(C/C=C/CC)C(C=C)N=C. The van der Waals surface area contributed by atoms with E-state index in [4.69, 9.17) is 0 Å². The van der Waals surface area contributed by atoms with Gasteiger partial charge in [-0.1, -0.05) is 31.2 Å². The Kier molecular flexibility index (Phi) is 6.89. The van der Waals surface area contributed by atoms with Gasteiger partial charge >= 0.3 is 0 Å². The Bertz CT molecular complexity index is 183. The van der Waals surface area contributed by atoms with Crippen LogP contribution in [0.25, 0.3) is 0 Å². The highest BCUT2D eigenvalue weighted by Gasteiger charge is 2.10. The van der Waals surface area contributed by atoms with Crippen LogP contribution in [0.3, 0.4) is 0 Å². The third-order valence-corrected chi connectivity index (χ3v) is 2.00. The monoisotopic (exact) mass is 177 g/mol. The number of aliphatic imine (C=N–C) groups is 1. The van der Waals surface area contributed by atoms with Crippen molar-refractivity contribution in [2.24, 2.45) is 10.9 Å². The third-order valence-electron chi connectivity index (χ3n) is 2.00. The predicted octanol–water partition coefficient (Wildman–Crippen LogP) is 3.40. The summed E-state index contributed by atoms with van der Waals surface area (Å²) in [6.45, 7) is 13.2. The molecule has 0 aromatic rings. The van der Waals surface area contributed by atoms with Crippen molar-refractivity contribution in [3.63, 3.8) is 0 Å². The zero-order chi connectivity index (χ0) is 10.1. The molecular formula is C12H19N. The highest BCUT2D eigenvalue weighted by molar-refractivity contribution is 5.26. The van der Waals surface area contributed by atoms with E-state index in [2.05, 4.69) is 43.9 Å². The van der Waals surface area contributed by atoms with Gasteiger partial charge in [-0.25, -0.2) is 0 Å². The van der Waals surface area contributed by atoms with E-state index in [0.717, 1.165) is 12.8 Å². The fraction of sp³-hybridized carbons (Fsp3) is 0.417. The zero-order valence-electron chi connectivity index (χ0n) is 8.45. The molecule has 0 saturated carbocycles. The molecule has 0 aliphatic heterocycles. The van der Waals surface area contributed by atoms with Gasteiger partial charge in [0.15, 0.2) is 0 Å². The minimum absolute atomic E-state index is 0.0963. The van der Waals surface area contributed by atoms with Crippen molar-refractivity contribution in [2.75, 3.05) is 0 Å². The van der Waals surface area contributed by atoms with Crippen molar-refractivity contribution < 1.29 is 0 Å². The van der Waals surface area contributed by atoms with Crippen LogP contribution in [0.4, 0.5) is 0 Å². The Morgan fingerprint density at radius 1 is 1.23 bits per heavy atom. The molecule has 2 atom stereocenters. The van der Waals surface area contributed by atoms with Gasteiger partial charge in [-0.15, -0.1) is 13.2 Å². The molecule has 13 heavy (non-hydrogen) atoms. The van der Waals surface area contributed by atoms with Gasteiger partial charge in [0.1, 0.15) is 0 Å². The Hall–Kier alpha value is -1.11. The Labute approximate surface area is 81.6 Å². The average molecular weight is 177 g/mol. The van der Waals surface area contributed by atoms with E-state index in [1.807, 2.05) is 12.2 Å². The van der Waals surface area contributed by atoms with Crippen LogP contribution in [0.15, 0.2) is 42.5 Å². The summed E-state index contributed by atoms with van der Waals surface area (Å²) in [7, 11) is 0. The van der Waals surface area contributed by atoms with Crippen molar-refractivity contribution >= 4 is 6.72 Å². The van der Waals surface area contributed by atoms with Crippen LogP contribution in [-0.2, 0) is 0 Å². The minimum Gasteiger partial charge on any atom is -0.293 e. The molecule has 0 rings (SSSR count). The highest BCUT2D eigenvalue weighted by atomic mass is 14.7. The zero-order valence-corrected chi connectivity index (χ0v) is 8.45. The maximum absolute atomic E-state index is 3.98. The fourth-order valence-corrected chi connectivity index (χ4v) is 1.18. The van der Waals surface area contributed by atoms with Crippen molar-refractivity contribution in [2.45, 2.75) is 25.8 Å². The van der Waals surface area contributed by atoms with E-state index in [0.29, 0.717) is 5.92 Å². The molecule has 0 amide bonds. The summed E-state index contributed by atoms with van der Waals surface area (Å²) in [4.78, 5) is 3.98. The lowest BCUT2D eigenvalue weighted by Crippen LogP contribution is -2.12. The molecule has 0 heterocycles. The van der Waals surface area contributed by atoms with Gasteiger partial charge in [-0.3, -0.25) is 4.99 Å². The van der Waals surface area contributed by atoms with Gasteiger partial charge in [0, 0.05) is 5.92 Å². The second kappa shape index (κ2) is 7.53. The van der Waals surface area contributed by atoms with Gasteiger partial charge in [0.25, 0.3) is 0 Å². The molecule has 0 saturated heterocycles. The summed E-state index contributed by atoms with van der Waals surface area (Å²) in [6.07, 6.45) is 10.1. The van der Waals surface area contributed by atoms with Gasteiger partial charge in [0.05, 0.1) is 6.04 Å². The first-order chi connectivity index (χ1) is 6.29. The number of hydrogen-bond acceptors (Lipinski definition) is 1. The molecule has 0 radical (unpaired) electrons. The first-order valence-electron chi connectivity index (χ1n) is 4.66. The summed E-state index contributed by atoms with van der Waals surface area (Å²) in [5, 5.41) is 0. The van der Waals surface area contributed by atoms with Crippen LogP contribution in [0.1, 0.15) is 19.8 Å². The number of hydrogen-bond donors (Lipinski definition) is 0. The Morgan fingerprint density at radius 2 is 1.92 bits per heavy atom. The van der Waals surface area contributed by atoms with Crippen molar-refractivity contribution in [1.82, 2.24) is 0 Å². The van der Waals surface area contributed by atoms with E-state index < -0.39 is 0 Å². The first-order valence-corrected chi connectivity index (χ1v) is 4.66. The smallest absolute Gasteiger partial charge is 0.0735 e. The molecule has 0 spiro atoms. The Balaban J connectivity index is 4.14. The van der Waals surface area contributed by atoms with Gasteiger partial charge in [0.2, 0.25) is 0 Å². The molecule has 2 unspecified atom stereocenters. The minimum atomic E-state index is 0.0963. The summed E-state index contributed by atoms with van der Waals surface area (Å²) >= 11 is 0. The molecule has 0 aliphatic carbocycles. The number of nitrogens with zero attached hydrogens (tertiary/aromatic N) is 1. The maximum Gasteiger partial charge on any atom is 0.0735 e. The summed E-state index contributed by atoms with van der Waals surface area (Å²) in [6, 6.07) is 0.0963. The molecule has 0 fully saturated rings. The maximum atomic E-state index is 3.98. The van der Waals surface area contributed by atoms with Crippen LogP contribution in [0, 0.1) is 5.92 Å². The van der Waals surface area contributed by atoms with E-state index in [-0.39, 0.29) is 6.04 Å². The normalized spacial score (nSPS) is 15.2. The molecular weight excluding hydrogens is 158 g/mol.